The number of benzene rings is 2. The SMILES string of the molecule is CCOP(=O)(OCC)C(Nc1nc2ccc(C)cc2s1)c1ccc(C)cc1. The normalized spacial score (nSPS) is 13.0. The van der Waals surface area contributed by atoms with E-state index in [4.69, 9.17) is 9.05 Å². The van der Waals surface area contributed by atoms with Crippen LogP contribution in [0.2, 0.25) is 0 Å². The van der Waals surface area contributed by atoms with Crippen LogP contribution in [0.5, 0.6) is 0 Å². The standard InChI is InChI=1S/C20H25N2O3PS/c1-5-24-26(23,25-6-2)19(16-10-7-14(3)8-11-16)22-20-21-17-12-9-15(4)13-18(17)27-20/h7-13,19H,5-6H2,1-4H3,(H,21,22). The molecular weight excluding hydrogens is 379 g/mol. The number of hydrogen-bond donors (Lipinski definition) is 1. The summed E-state index contributed by atoms with van der Waals surface area (Å²) in [5.41, 5.74) is 4.08. The maximum Gasteiger partial charge on any atom is 0.357 e. The van der Waals surface area contributed by atoms with Crippen molar-refractivity contribution in [2.24, 2.45) is 0 Å². The average molecular weight is 404 g/mol. The van der Waals surface area contributed by atoms with Gasteiger partial charge in [0, 0.05) is 0 Å². The number of anilines is 1. The summed E-state index contributed by atoms with van der Waals surface area (Å²) in [6.45, 7) is 8.32. The largest absolute Gasteiger partial charge is 0.357 e. The number of thiazole rings is 1. The molecule has 144 valence electrons. The highest BCUT2D eigenvalue weighted by Crippen LogP contribution is 2.61. The Bertz CT molecular complexity index is 946. The molecule has 5 nitrogen and oxygen atoms in total. The molecule has 1 N–H and O–H groups in total. The van der Waals surface area contributed by atoms with E-state index in [1.165, 1.54) is 16.9 Å². The summed E-state index contributed by atoms with van der Waals surface area (Å²) in [7, 11) is -3.43. The molecule has 1 atom stereocenters. The third-order valence-electron chi connectivity index (χ3n) is 4.13. The van der Waals surface area contributed by atoms with Gasteiger partial charge in [0.2, 0.25) is 0 Å². The van der Waals surface area contributed by atoms with Crippen molar-refractivity contribution in [3.05, 3.63) is 59.2 Å². The summed E-state index contributed by atoms with van der Waals surface area (Å²) in [6.07, 6.45) is 0. The Labute approximate surface area is 164 Å². The third kappa shape index (κ3) is 4.58. The van der Waals surface area contributed by atoms with Gasteiger partial charge in [0.15, 0.2) is 10.9 Å². The van der Waals surface area contributed by atoms with Crippen LogP contribution >= 0.6 is 18.9 Å². The number of aromatic nitrogens is 1. The fourth-order valence-electron chi connectivity index (χ4n) is 2.85. The van der Waals surface area contributed by atoms with Crippen molar-refractivity contribution in [3.63, 3.8) is 0 Å². The summed E-state index contributed by atoms with van der Waals surface area (Å²) < 4.78 is 25.9. The van der Waals surface area contributed by atoms with Crippen molar-refractivity contribution in [2.45, 2.75) is 33.5 Å². The molecule has 27 heavy (non-hydrogen) atoms. The van der Waals surface area contributed by atoms with Gasteiger partial charge in [-0.1, -0.05) is 47.2 Å². The van der Waals surface area contributed by atoms with Crippen molar-refractivity contribution in [2.75, 3.05) is 18.5 Å². The molecule has 1 aromatic heterocycles. The molecule has 0 aliphatic heterocycles. The molecular formula is C20H25N2O3PS. The van der Waals surface area contributed by atoms with Crippen molar-refractivity contribution < 1.29 is 13.6 Å². The lowest BCUT2D eigenvalue weighted by atomic mass is 10.1. The molecule has 0 aliphatic carbocycles. The first kappa shape index (κ1) is 20.0. The summed E-state index contributed by atoms with van der Waals surface area (Å²) in [6, 6.07) is 14.0. The van der Waals surface area contributed by atoms with E-state index in [-0.39, 0.29) is 0 Å². The summed E-state index contributed by atoms with van der Waals surface area (Å²) >= 11 is 1.54. The highest BCUT2D eigenvalue weighted by molar-refractivity contribution is 7.54. The van der Waals surface area contributed by atoms with Gasteiger partial charge in [0.05, 0.1) is 23.4 Å². The van der Waals surface area contributed by atoms with Gasteiger partial charge in [-0.2, -0.15) is 0 Å². The number of nitrogens with zero attached hydrogens (tertiary/aromatic N) is 1. The van der Waals surface area contributed by atoms with Gasteiger partial charge in [0.1, 0.15) is 0 Å². The van der Waals surface area contributed by atoms with E-state index in [0.29, 0.717) is 18.3 Å². The van der Waals surface area contributed by atoms with Crippen LogP contribution in [0.4, 0.5) is 5.13 Å². The van der Waals surface area contributed by atoms with Gasteiger partial charge in [-0.15, -0.1) is 0 Å². The molecule has 0 amide bonds. The lowest BCUT2D eigenvalue weighted by molar-refractivity contribution is 0.214. The number of hydrogen-bond acceptors (Lipinski definition) is 6. The number of aryl methyl sites for hydroxylation is 2. The Balaban J connectivity index is 2.02. The molecule has 1 unspecified atom stereocenters. The average Bonchev–Trinajstić information content (AvgIpc) is 3.02. The smallest absolute Gasteiger partial charge is 0.344 e. The molecule has 2 aromatic carbocycles. The molecule has 0 fully saturated rings. The van der Waals surface area contributed by atoms with Gasteiger partial charge in [-0.3, -0.25) is 4.57 Å². The molecule has 0 spiro atoms. The highest BCUT2D eigenvalue weighted by atomic mass is 32.1. The molecule has 1 heterocycles. The molecule has 0 bridgehead atoms. The highest BCUT2D eigenvalue weighted by Gasteiger charge is 2.37. The topological polar surface area (TPSA) is 60.5 Å². The number of rotatable bonds is 8. The van der Waals surface area contributed by atoms with Gasteiger partial charge >= 0.3 is 7.60 Å². The van der Waals surface area contributed by atoms with E-state index >= 15 is 0 Å². The molecule has 3 aromatic rings. The molecule has 0 aliphatic rings. The monoisotopic (exact) mass is 404 g/mol. The van der Waals surface area contributed by atoms with Crippen LogP contribution in [0, 0.1) is 13.8 Å². The lowest BCUT2D eigenvalue weighted by Gasteiger charge is -2.27. The maximum atomic E-state index is 13.5. The quantitative estimate of drug-likeness (QED) is 0.447. The minimum atomic E-state index is -3.43. The minimum absolute atomic E-state index is 0.306. The van der Waals surface area contributed by atoms with Crippen molar-refractivity contribution >= 4 is 34.3 Å². The van der Waals surface area contributed by atoms with E-state index in [1.54, 1.807) is 0 Å². The Morgan fingerprint density at radius 2 is 1.67 bits per heavy atom. The van der Waals surface area contributed by atoms with Gasteiger partial charge < -0.3 is 14.4 Å². The third-order valence-corrected chi connectivity index (χ3v) is 7.38. The molecule has 7 heteroatoms. The number of nitrogens with one attached hydrogen (secondary N) is 1. The van der Waals surface area contributed by atoms with Crippen LogP contribution < -0.4 is 5.32 Å². The van der Waals surface area contributed by atoms with Crippen molar-refractivity contribution in [1.82, 2.24) is 4.98 Å². The second-order valence-corrected chi connectivity index (χ2v) is 9.47. The van der Waals surface area contributed by atoms with Crippen molar-refractivity contribution in [3.8, 4) is 0 Å². The second-order valence-electron chi connectivity index (χ2n) is 6.32. The lowest BCUT2D eigenvalue weighted by Crippen LogP contribution is -2.15. The van der Waals surface area contributed by atoms with Crippen LogP contribution in [-0.4, -0.2) is 18.2 Å². The fraction of sp³-hybridized carbons (Fsp3) is 0.350. The van der Waals surface area contributed by atoms with Crippen LogP contribution in [0.1, 0.15) is 36.3 Å². The first-order valence-corrected chi connectivity index (χ1v) is 11.5. The molecule has 0 saturated heterocycles. The zero-order valence-electron chi connectivity index (χ0n) is 16.1. The van der Waals surface area contributed by atoms with Crippen LogP contribution in [0.15, 0.2) is 42.5 Å². The Kier molecular flexibility index (Phi) is 6.33. The fourth-order valence-corrected chi connectivity index (χ4v) is 5.84. The first-order valence-electron chi connectivity index (χ1n) is 9.04. The minimum Gasteiger partial charge on any atom is -0.344 e. The zero-order chi connectivity index (χ0) is 19.4. The van der Waals surface area contributed by atoms with Crippen molar-refractivity contribution in [1.29, 1.82) is 0 Å². The predicted octanol–water partition coefficient (Wildman–Crippen LogP) is 6.29. The Morgan fingerprint density at radius 1 is 1.04 bits per heavy atom. The zero-order valence-corrected chi connectivity index (χ0v) is 17.8. The summed E-state index contributed by atoms with van der Waals surface area (Å²) in [5, 5.41) is 4.02. The summed E-state index contributed by atoms with van der Waals surface area (Å²) in [4.78, 5) is 4.65. The second kappa shape index (κ2) is 8.53. The van der Waals surface area contributed by atoms with Crippen LogP contribution in [0.25, 0.3) is 10.2 Å². The van der Waals surface area contributed by atoms with Gasteiger partial charge in [-0.05, 0) is 51.0 Å². The molecule has 3 rings (SSSR count). The van der Waals surface area contributed by atoms with E-state index in [0.717, 1.165) is 21.3 Å². The van der Waals surface area contributed by atoms with E-state index in [1.807, 2.05) is 57.2 Å². The van der Waals surface area contributed by atoms with Crippen LogP contribution in [-0.2, 0) is 13.6 Å². The van der Waals surface area contributed by atoms with Gasteiger partial charge in [0.25, 0.3) is 0 Å². The van der Waals surface area contributed by atoms with E-state index in [2.05, 4.69) is 23.3 Å². The molecule has 0 radical (unpaired) electrons. The predicted molar refractivity (Wildman–Crippen MR) is 113 cm³/mol. The van der Waals surface area contributed by atoms with Gasteiger partial charge in [-0.25, -0.2) is 4.98 Å². The summed E-state index contributed by atoms with van der Waals surface area (Å²) in [5.74, 6) is -0.625. The first-order chi connectivity index (χ1) is 12.9. The van der Waals surface area contributed by atoms with E-state index < -0.39 is 13.4 Å². The maximum absolute atomic E-state index is 13.5. The van der Waals surface area contributed by atoms with Crippen LogP contribution in [0.3, 0.4) is 0 Å². The molecule has 0 saturated carbocycles. The number of fused-ring (bicyclic) bond motifs is 1. The Morgan fingerprint density at radius 3 is 2.30 bits per heavy atom. The Hall–Kier alpha value is -1.72. The van der Waals surface area contributed by atoms with E-state index in [9.17, 15) is 4.57 Å².